The Bertz CT molecular complexity index is 470. The standard InChI is InChI=1S/C19H25N3/c1-21-8-5-18-11-16-10-17(13-18,4-3-7-20)14-19(12-16,15-18)6-9-22-2/h16H,3-6,8-15H2. The number of rotatable bonds is 6. The van der Waals surface area contributed by atoms with Gasteiger partial charge in [-0.2, -0.15) is 5.26 Å². The summed E-state index contributed by atoms with van der Waals surface area (Å²) in [5.74, 6) is 0.784. The van der Waals surface area contributed by atoms with Crippen molar-refractivity contribution in [2.45, 2.75) is 64.2 Å². The lowest BCUT2D eigenvalue weighted by atomic mass is 9.38. The van der Waals surface area contributed by atoms with E-state index in [-0.39, 0.29) is 0 Å². The third-order valence-electron chi connectivity index (χ3n) is 6.69. The van der Waals surface area contributed by atoms with Gasteiger partial charge in [0.15, 0.2) is 0 Å². The Balaban J connectivity index is 1.88. The van der Waals surface area contributed by atoms with Crippen LogP contribution in [-0.2, 0) is 0 Å². The minimum Gasteiger partial charge on any atom is -0.317 e. The molecule has 0 radical (unpaired) electrons. The molecule has 22 heavy (non-hydrogen) atoms. The summed E-state index contributed by atoms with van der Waals surface area (Å²) in [4.78, 5) is 7.26. The number of nitrogens with zero attached hydrogens (tertiary/aromatic N) is 3. The molecule has 4 fully saturated rings. The Kier molecular flexibility index (Phi) is 3.91. The van der Waals surface area contributed by atoms with Crippen LogP contribution in [0.4, 0.5) is 0 Å². The first-order valence-electron chi connectivity index (χ1n) is 8.62. The molecule has 0 heterocycles. The van der Waals surface area contributed by atoms with Gasteiger partial charge in [-0.05, 0) is 67.1 Å². The van der Waals surface area contributed by atoms with Crippen molar-refractivity contribution in [3.8, 4) is 6.07 Å². The molecule has 4 rings (SSSR count). The molecular weight excluding hydrogens is 270 g/mol. The van der Waals surface area contributed by atoms with Crippen LogP contribution in [0.15, 0.2) is 0 Å². The van der Waals surface area contributed by atoms with Crippen molar-refractivity contribution >= 4 is 0 Å². The molecule has 4 aliphatic carbocycles. The van der Waals surface area contributed by atoms with Gasteiger partial charge in [-0.1, -0.05) is 0 Å². The fraction of sp³-hybridized carbons (Fsp3) is 0.842. The van der Waals surface area contributed by atoms with Crippen LogP contribution in [-0.4, -0.2) is 13.1 Å². The molecule has 2 unspecified atom stereocenters. The van der Waals surface area contributed by atoms with E-state index in [4.69, 9.17) is 18.4 Å². The number of hydrogen-bond acceptors (Lipinski definition) is 1. The average molecular weight is 295 g/mol. The van der Waals surface area contributed by atoms with Crippen LogP contribution in [0.5, 0.6) is 0 Å². The van der Waals surface area contributed by atoms with E-state index < -0.39 is 0 Å². The molecule has 0 aliphatic heterocycles. The van der Waals surface area contributed by atoms with Crippen LogP contribution >= 0.6 is 0 Å². The molecule has 0 spiro atoms. The second kappa shape index (κ2) is 5.59. The van der Waals surface area contributed by atoms with Gasteiger partial charge in [-0.25, -0.2) is 13.1 Å². The van der Waals surface area contributed by atoms with Crippen LogP contribution in [0.25, 0.3) is 9.69 Å². The Morgan fingerprint density at radius 3 is 1.73 bits per heavy atom. The van der Waals surface area contributed by atoms with Gasteiger partial charge in [0.05, 0.1) is 6.07 Å². The highest BCUT2D eigenvalue weighted by molar-refractivity contribution is 5.13. The molecule has 0 aromatic rings. The van der Waals surface area contributed by atoms with Gasteiger partial charge < -0.3 is 9.69 Å². The van der Waals surface area contributed by atoms with Crippen molar-refractivity contribution in [2.75, 3.05) is 13.1 Å². The normalized spacial score (nSPS) is 41.6. The van der Waals surface area contributed by atoms with Crippen molar-refractivity contribution in [2.24, 2.45) is 22.2 Å². The predicted octanol–water partition coefficient (Wildman–Crippen LogP) is 4.87. The van der Waals surface area contributed by atoms with Crippen molar-refractivity contribution in [3.63, 3.8) is 0 Å². The Hall–Kier alpha value is -1.53. The highest BCUT2D eigenvalue weighted by atomic mass is 14.7. The third-order valence-corrected chi connectivity index (χ3v) is 6.69. The summed E-state index contributed by atoms with van der Waals surface area (Å²) < 4.78 is 0. The number of hydrogen-bond donors (Lipinski definition) is 0. The van der Waals surface area contributed by atoms with Gasteiger partial charge in [-0.15, -0.1) is 0 Å². The van der Waals surface area contributed by atoms with Gasteiger partial charge in [-0.3, -0.25) is 0 Å². The van der Waals surface area contributed by atoms with E-state index in [2.05, 4.69) is 15.8 Å². The summed E-state index contributed by atoms with van der Waals surface area (Å²) in [6, 6.07) is 2.36. The zero-order valence-electron chi connectivity index (χ0n) is 13.4. The quantitative estimate of drug-likeness (QED) is 0.644. The molecule has 3 nitrogen and oxygen atoms in total. The molecule has 0 aromatic heterocycles. The maximum Gasteiger partial charge on any atom is 0.215 e. The second-order valence-electron chi connectivity index (χ2n) is 8.43. The van der Waals surface area contributed by atoms with Crippen LogP contribution in [0.2, 0.25) is 0 Å². The molecule has 4 aliphatic rings. The SMILES string of the molecule is [C-]#[N+]CCC12CC3CC(CCC#N)(C1)CC(CC[N+]#[C-])(C3)C2. The summed E-state index contributed by atoms with van der Waals surface area (Å²) in [5, 5.41) is 9.05. The first kappa shape index (κ1) is 15.4. The molecule has 0 saturated heterocycles. The molecular formula is C19H25N3. The van der Waals surface area contributed by atoms with Gasteiger partial charge in [0.1, 0.15) is 0 Å². The lowest BCUT2D eigenvalue weighted by molar-refractivity contribution is -0.164. The zero-order valence-corrected chi connectivity index (χ0v) is 13.4. The fourth-order valence-corrected chi connectivity index (χ4v) is 6.80. The summed E-state index contributed by atoms with van der Waals surface area (Å²) in [6.45, 7) is 15.7. The van der Waals surface area contributed by atoms with Crippen LogP contribution in [0.3, 0.4) is 0 Å². The van der Waals surface area contributed by atoms with Crippen LogP contribution < -0.4 is 0 Å². The molecule has 4 saturated carbocycles. The molecule has 0 N–H and O–H groups in total. The van der Waals surface area contributed by atoms with Crippen molar-refractivity contribution in [1.82, 2.24) is 0 Å². The Morgan fingerprint density at radius 2 is 1.32 bits per heavy atom. The monoisotopic (exact) mass is 295 g/mol. The third kappa shape index (κ3) is 2.61. The lowest BCUT2D eigenvalue weighted by Crippen LogP contribution is -2.57. The summed E-state index contributed by atoms with van der Waals surface area (Å²) in [5.41, 5.74) is 1.04. The minimum absolute atomic E-state index is 0.346. The smallest absolute Gasteiger partial charge is 0.215 e. The predicted molar refractivity (Wildman–Crippen MR) is 85.5 cm³/mol. The van der Waals surface area contributed by atoms with Gasteiger partial charge >= 0.3 is 0 Å². The zero-order chi connectivity index (χ0) is 15.7. The topological polar surface area (TPSA) is 32.5 Å². The van der Waals surface area contributed by atoms with Gasteiger partial charge in [0.2, 0.25) is 13.1 Å². The maximum atomic E-state index is 9.05. The van der Waals surface area contributed by atoms with Gasteiger partial charge in [0, 0.05) is 19.3 Å². The molecule has 2 atom stereocenters. The molecule has 4 bridgehead atoms. The van der Waals surface area contributed by atoms with E-state index in [1.165, 1.54) is 38.5 Å². The maximum absolute atomic E-state index is 9.05. The fourth-order valence-electron chi connectivity index (χ4n) is 6.80. The van der Waals surface area contributed by atoms with Gasteiger partial charge in [0.25, 0.3) is 0 Å². The van der Waals surface area contributed by atoms with Crippen LogP contribution in [0.1, 0.15) is 64.2 Å². The first-order valence-corrected chi connectivity index (χ1v) is 8.62. The second-order valence-corrected chi connectivity index (χ2v) is 8.43. The summed E-state index contributed by atoms with van der Waals surface area (Å²) in [7, 11) is 0. The molecule has 3 heteroatoms. The van der Waals surface area contributed by atoms with E-state index in [1.54, 1.807) is 0 Å². The molecule has 0 amide bonds. The molecule has 116 valence electrons. The largest absolute Gasteiger partial charge is 0.317 e. The summed E-state index contributed by atoms with van der Waals surface area (Å²) >= 11 is 0. The van der Waals surface area contributed by atoms with Crippen molar-refractivity contribution < 1.29 is 0 Å². The minimum atomic E-state index is 0.346. The van der Waals surface area contributed by atoms with Crippen molar-refractivity contribution in [3.05, 3.63) is 22.8 Å². The van der Waals surface area contributed by atoms with E-state index in [0.29, 0.717) is 35.8 Å². The average Bonchev–Trinajstić information content (AvgIpc) is 2.48. The van der Waals surface area contributed by atoms with Crippen LogP contribution in [0, 0.1) is 46.6 Å². The lowest BCUT2D eigenvalue weighted by Gasteiger charge is -2.66. The first-order chi connectivity index (χ1) is 10.6. The van der Waals surface area contributed by atoms with E-state index in [0.717, 1.165) is 25.2 Å². The highest BCUT2D eigenvalue weighted by Crippen LogP contribution is 2.72. The van der Waals surface area contributed by atoms with Crippen molar-refractivity contribution in [1.29, 1.82) is 5.26 Å². The van der Waals surface area contributed by atoms with E-state index in [9.17, 15) is 0 Å². The number of nitriles is 1. The Morgan fingerprint density at radius 1 is 0.864 bits per heavy atom. The van der Waals surface area contributed by atoms with E-state index in [1.807, 2.05) is 0 Å². The summed E-state index contributed by atoms with van der Waals surface area (Å²) in [6.07, 6.45) is 11.4. The highest BCUT2D eigenvalue weighted by Gasteiger charge is 2.62. The molecule has 0 aromatic carbocycles. The van der Waals surface area contributed by atoms with E-state index >= 15 is 0 Å². The Labute approximate surface area is 134 Å².